The second-order valence-corrected chi connectivity index (χ2v) is 4.86. The Hall–Kier alpha value is -0.0400. The van der Waals surface area contributed by atoms with Gasteiger partial charge >= 0.3 is 0 Å². The summed E-state index contributed by atoms with van der Waals surface area (Å²) in [5, 5.41) is 0. The van der Waals surface area contributed by atoms with Crippen LogP contribution in [0.4, 0.5) is 0 Å². The molecule has 0 heterocycles. The molecule has 1 atom stereocenters. The van der Waals surface area contributed by atoms with Gasteiger partial charge in [0.05, 0.1) is 0 Å². The van der Waals surface area contributed by atoms with Crippen molar-refractivity contribution in [3.05, 3.63) is 0 Å². The van der Waals surface area contributed by atoms with Gasteiger partial charge in [-0.3, -0.25) is 0 Å². The molecular formula is C10H21N. The first-order valence-corrected chi connectivity index (χ1v) is 4.78. The zero-order valence-corrected chi connectivity index (χ0v) is 8.06. The molecule has 0 aromatic rings. The molecule has 0 spiro atoms. The molecule has 0 aromatic carbocycles. The molecule has 0 aromatic heterocycles. The van der Waals surface area contributed by atoms with Crippen molar-refractivity contribution in [2.45, 2.75) is 52.0 Å². The zero-order chi connectivity index (χ0) is 8.48. The maximum Gasteiger partial charge on any atom is 0.00996 e. The van der Waals surface area contributed by atoms with Crippen LogP contribution in [0.1, 0.15) is 46.5 Å². The van der Waals surface area contributed by atoms with Gasteiger partial charge in [-0.1, -0.05) is 26.2 Å². The van der Waals surface area contributed by atoms with E-state index in [9.17, 15) is 0 Å². The molecule has 1 fully saturated rings. The van der Waals surface area contributed by atoms with Crippen molar-refractivity contribution in [2.75, 3.05) is 0 Å². The van der Waals surface area contributed by atoms with Gasteiger partial charge in [0.1, 0.15) is 0 Å². The summed E-state index contributed by atoms with van der Waals surface area (Å²) in [6, 6.07) is 0. The van der Waals surface area contributed by atoms with Crippen molar-refractivity contribution >= 4 is 0 Å². The summed E-state index contributed by atoms with van der Waals surface area (Å²) in [6.45, 7) is 6.60. The fourth-order valence-corrected chi connectivity index (χ4v) is 2.01. The molecule has 1 nitrogen and oxygen atoms in total. The molecule has 0 amide bonds. The van der Waals surface area contributed by atoms with E-state index in [4.69, 9.17) is 5.73 Å². The summed E-state index contributed by atoms with van der Waals surface area (Å²) in [6.07, 6.45) is 5.51. The topological polar surface area (TPSA) is 26.0 Å². The SMILES string of the molecule is CC(CC(C)(C)N)C1CCC1. The molecule has 1 rings (SSSR count). The highest BCUT2D eigenvalue weighted by atomic mass is 14.7. The number of nitrogens with two attached hydrogens (primary N) is 1. The lowest BCUT2D eigenvalue weighted by Gasteiger charge is -2.35. The molecule has 0 radical (unpaired) electrons. The van der Waals surface area contributed by atoms with Crippen LogP contribution in [0.5, 0.6) is 0 Å². The van der Waals surface area contributed by atoms with Crippen molar-refractivity contribution in [1.82, 2.24) is 0 Å². The lowest BCUT2D eigenvalue weighted by atomic mass is 9.73. The standard InChI is InChI=1S/C10H21N/c1-8(7-10(2,3)11)9-5-4-6-9/h8-9H,4-7,11H2,1-3H3. The summed E-state index contributed by atoms with van der Waals surface area (Å²) in [5.74, 6) is 1.82. The fourth-order valence-electron chi connectivity index (χ4n) is 2.01. The van der Waals surface area contributed by atoms with Gasteiger partial charge in [0.2, 0.25) is 0 Å². The van der Waals surface area contributed by atoms with E-state index in [2.05, 4.69) is 20.8 Å². The Morgan fingerprint density at radius 3 is 2.27 bits per heavy atom. The van der Waals surface area contributed by atoms with Gasteiger partial charge in [0.15, 0.2) is 0 Å². The molecule has 0 bridgehead atoms. The summed E-state index contributed by atoms with van der Waals surface area (Å²) in [5.41, 5.74) is 5.99. The average Bonchev–Trinajstić information content (AvgIpc) is 1.50. The van der Waals surface area contributed by atoms with Crippen molar-refractivity contribution < 1.29 is 0 Å². The van der Waals surface area contributed by atoms with Crippen LogP contribution < -0.4 is 5.73 Å². The highest BCUT2D eigenvalue weighted by molar-refractivity contribution is 4.81. The van der Waals surface area contributed by atoms with Crippen LogP contribution in [-0.4, -0.2) is 5.54 Å². The highest BCUT2D eigenvalue weighted by Gasteiger charge is 2.27. The van der Waals surface area contributed by atoms with Crippen molar-refractivity contribution in [3.8, 4) is 0 Å². The molecule has 1 aliphatic carbocycles. The Bertz CT molecular complexity index is 119. The van der Waals surface area contributed by atoms with Crippen LogP contribution in [0.3, 0.4) is 0 Å². The minimum atomic E-state index is 0.0367. The quantitative estimate of drug-likeness (QED) is 0.666. The Labute approximate surface area is 70.4 Å². The molecule has 0 aliphatic heterocycles. The summed E-state index contributed by atoms with van der Waals surface area (Å²) in [7, 11) is 0. The van der Waals surface area contributed by atoms with E-state index in [0.717, 1.165) is 11.8 Å². The zero-order valence-electron chi connectivity index (χ0n) is 8.06. The Kier molecular flexibility index (Phi) is 2.58. The molecule has 0 saturated heterocycles. The van der Waals surface area contributed by atoms with Gasteiger partial charge in [-0.25, -0.2) is 0 Å². The Morgan fingerprint density at radius 2 is 2.00 bits per heavy atom. The first-order chi connectivity index (χ1) is 4.99. The van der Waals surface area contributed by atoms with Crippen LogP contribution in [0.25, 0.3) is 0 Å². The van der Waals surface area contributed by atoms with Crippen LogP contribution in [-0.2, 0) is 0 Å². The molecule has 2 N–H and O–H groups in total. The second-order valence-electron chi connectivity index (χ2n) is 4.86. The molecule has 1 saturated carbocycles. The first kappa shape index (κ1) is 9.05. The first-order valence-electron chi connectivity index (χ1n) is 4.78. The maximum atomic E-state index is 5.95. The average molecular weight is 155 g/mol. The van der Waals surface area contributed by atoms with E-state index >= 15 is 0 Å². The Balaban J connectivity index is 2.24. The monoisotopic (exact) mass is 155 g/mol. The predicted octanol–water partition coefficient (Wildman–Crippen LogP) is 2.55. The minimum absolute atomic E-state index is 0.0367. The summed E-state index contributed by atoms with van der Waals surface area (Å²) >= 11 is 0. The molecule has 1 heteroatoms. The van der Waals surface area contributed by atoms with Gasteiger partial charge in [-0.05, 0) is 32.1 Å². The summed E-state index contributed by atoms with van der Waals surface area (Å²) in [4.78, 5) is 0. The van der Waals surface area contributed by atoms with Crippen LogP contribution in [0.2, 0.25) is 0 Å². The van der Waals surface area contributed by atoms with Crippen molar-refractivity contribution in [3.63, 3.8) is 0 Å². The third-order valence-electron chi connectivity index (χ3n) is 2.80. The third-order valence-corrected chi connectivity index (χ3v) is 2.80. The van der Waals surface area contributed by atoms with Gasteiger partial charge in [0.25, 0.3) is 0 Å². The van der Waals surface area contributed by atoms with Gasteiger partial charge < -0.3 is 5.73 Å². The van der Waals surface area contributed by atoms with E-state index in [-0.39, 0.29) is 5.54 Å². The largest absolute Gasteiger partial charge is 0.326 e. The van der Waals surface area contributed by atoms with Gasteiger partial charge in [0, 0.05) is 5.54 Å². The van der Waals surface area contributed by atoms with E-state index < -0.39 is 0 Å². The van der Waals surface area contributed by atoms with E-state index in [1.807, 2.05) is 0 Å². The molecule has 66 valence electrons. The number of hydrogen-bond donors (Lipinski definition) is 1. The van der Waals surface area contributed by atoms with Crippen LogP contribution in [0, 0.1) is 11.8 Å². The maximum absolute atomic E-state index is 5.95. The summed E-state index contributed by atoms with van der Waals surface area (Å²) < 4.78 is 0. The number of rotatable bonds is 3. The third kappa shape index (κ3) is 2.82. The molecule has 1 aliphatic rings. The van der Waals surface area contributed by atoms with Crippen molar-refractivity contribution in [2.24, 2.45) is 17.6 Å². The van der Waals surface area contributed by atoms with E-state index in [0.29, 0.717) is 0 Å². The van der Waals surface area contributed by atoms with Gasteiger partial charge in [-0.15, -0.1) is 0 Å². The van der Waals surface area contributed by atoms with Crippen LogP contribution in [0.15, 0.2) is 0 Å². The van der Waals surface area contributed by atoms with E-state index in [1.54, 1.807) is 0 Å². The predicted molar refractivity (Wildman–Crippen MR) is 49.4 cm³/mol. The number of hydrogen-bond acceptors (Lipinski definition) is 1. The molecule has 11 heavy (non-hydrogen) atoms. The van der Waals surface area contributed by atoms with Crippen LogP contribution >= 0.6 is 0 Å². The second kappa shape index (κ2) is 3.14. The lowest BCUT2D eigenvalue weighted by Crippen LogP contribution is -2.36. The smallest absolute Gasteiger partial charge is 0.00996 e. The molecule has 1 unspecified atom stereocenters. The van der Waals surface area contributed by atoms with Crippen molar-refractivity contribution in [1.29, 1.82) is 0 Å². The van der Waals surface area contributed by atoms with E-state index in [1.165, 1.54) is 25.7 Å². The fraction of sp³-hybridized carbons (Fsp3) is 1.00. The Morgan fingerprint density at radius 1 is 1.45 bits per heavy atom. The normalized spacial score (nSPS) is 22.9. The highest BCUT2D eigenvalue weighted by Crippen LogP contribution is 2.36. The lowest BCUT2D eigenvalue weighted by molar-refractivity contribution is 0.186. The van der Waals surface area contributed by atoms with Gasteiger partial charge in [-0.2, -0.15) is 0 Å². The minimum Gasteiger partial charge on any atom is -0.326 e. The molecular weight excluding hydrogens is 134 g/mol.